The number of aliphatic hydroxyl groups excluding tert-OH is 2. The number of carbonyl (C=O) groups excluding carboxylic acids is 2. The molecule has 90 valence electrons. The molecule has 16 heavy (non-hydrogen) atoms. The number of carbonyl (C=O) groups is 2. The van der Waals surface area contributed by atoms with Gasteiger partial charge in [0.1, 0.15) is 12.2 Å². The summed E-state index contributed by atoms with van der Waals surface area (Å²) in [5.41, 5.74) is 0. The molecule has 2 N–H and O–H groups in total. The summed E-state index contributed by atoms with van der Waals surface area (Å²) in [6.45, 7) is 0. The molecule has 3 atom stereocenters. The first-order chi connectivity index (χ1) is 7.51. The third-order valence-corrected chi connectivity index (χ3v) is 2.06. The monoisotopic (exact) mass is 232 g/mol. The highest BCUT2D eigenvalue weighted by Gasteiger charge is 2.40. The minimum Gasteiger partial charge on any atom is -0.468 e. The SMILES string of the molecule is COC(=O)C1=C[C@H](O)[C@H](O)[C@@H](C(=O)OC)O1. The van der Waals surface area contributed by atoms with Gasteiger partial charge in [0.05, 0.1) is 14.2 Å². The molecule has 1 aliphatic heterocycles. The maximum absolute atomic E-state index is 11.2. The molecular weight excluding hydrogens is 220 g/mol. The lowest BCUT2D eigenvalue weighted by Crippen LogP contribution is -2.47. The van der Waals surface area contributed by atoms with Gasteiger partial charge in [-0.25, -0.2) is 9.59 Å². The summed E-state index contributed by atoms with van der Waals surface area (Å²) in [5, 5.41) is 18.8. The Labute approximate surface area is 91.2 Å². The van der Waals surface area contributed by atoms with Gasteiger partial charge in [-0.15, -0.1) is 0 Å². The second-order valence-corrected chi connectivity index (χ2v) is 3.07. The Hall–Kier alpha value is -1.60. The Morgan fingerprint density at radius 1 is 1.31 bits per heavy atom. The first-order valence-corrected chi connectivity index (χ1v) is 4.42. The second kappa shape index (κ2) is 4.95. The minimum absolute atomic E-state index is 0.337. The highest BCUT2D eigenvalue weighted by molar-refractivity contribution is 5.87. The zero-order valence-corrected chi connectivity index (χ0v) is 8.75. The first kappa shape index (κ1) is 12.5. The average Bonchev–Trinajstić information content (AvgIpc) is 2.30. The van der Waals surface area contributed by atoms with Crippen molar-refractivity contribution in [1.82, 2.24) is 0 Å². The topological polar surface area (TPSA) is 102 Å². The van der Waals surface area contributed by atoms with E-state index >= 15 is 0 Å². The van der Waals surface area contributed by atoms with Crippen molar-refractivity contribution in [3.63, 3.8) is 0 Å². The van der Waals surface area contributed by atoms with E-state index in [0.717, 1.165) is 20.3 Å². The lowest BCUT2D eigenvalue weighted by atomic mass is 10.0. The van der Waals surface area contributed by atoms with Crippen molar-refractivity contribution in [2.75, 3.05) is 14.2 Å². The van der Waals surface area contributed by atoms with E-state index in [1.165, 1.54) is 0 Å². The number of rotatable bonds is 2. The predicted octanol–water partition coefficient (Wildman–Crippen LogP) is -1.66. The summed E-state index contributed by atoms with van der Waals surface area (Å²) >= 11 is 0. The van der Waals surface area contributed by atoms with Crippen LogP contribution in [0.3, 0.4) is 0 Å². The van der Waals surface area contributed by atoms with E-state index in [0.29, 0.717) is 0 Å². The van der Waals surface area contributed by atoms with Crippen molar-refractivity contribution in [3.05, 3.63) is 11.8 Å². The molecule has 0 fully saturated rings. The predicted molar refractivity (Wildman–Crippen MR) is 49.0 cm³/mol. The van der Waals surface area contributed by atoms with Crippen LogP contribution in [0.5, 0.6) is 0 Å². The van der Waals surface area contributed by atoms with E-state index in [1.807, 2.05) is 0 Å². The molecule has 0 unspecified atom stereocenters. The largest absolute Gasteiger partial charge is 0.468 e. The van der Waals surface area contributed by atoms with Crippen LogP contribution in [-0.2, 0) is 23.8 Å². The third kappa shape index (κ3) is 2.31. The number of hydrogen-bond acceptors (Lipinski definition) is 7. The second-order valence-electron chi connectivity index (χ2n) is 3.07. The van der Waals surface area contributed by atoms with Crippen LogP contribution in [0.4, 0.5) is 0 Å². The highest BCUT2D eigenvalue weighted by atomic mass is 16.6. The summed E-state index contributed by atoms with van der Waals surface area (Å²) in [6.07, 6.45) is -3.36. The quantitative estimate of drug-likeness (QED) is 0.549. The Morgan fingerprint density at radius 2 is 1.94 bits per heavy atom. The van der Waals surface area contributed by atoms with Gasteiger partial charge >= 0.3 is 11.9 Å². The maximum atomic E-state index is 11.2. The summed E-state index contributed by atoms with van der Waals surface area (Å²) in [4.78, 5) is 22.3. The molecule has 0 aromatic rings. The van der Waals surface area contributed by atoms with Crippen molar-refractivity contribution in [2.24, 2.45) is 0 Å². The van der Waals surface area contributed by atoms with E-state index in [9.17, 15) is 19.8 Å². The number of ether oxygens (including phenoxy) is 3. The Morgan fingerprint density at radius 3 is 2.44 bits per heavy atom. The molecule has 1 aliphatic rings. The molecule has 7 heteroatoms. The maximum Gasteiger partial charge on any atom is 0.373 e. The molecule has 0 saturated heterocycles. The third-order valence-electron chi connectivity index (χ3n) is 2.06. The standard InChI is InChI=1S/C9H12O7/c1-14-8(12)5-3-4(10)6(11)7(16-5)9(13)15-2/h3-4,6-7,10-11H,1-2H3/t4-,6-,7-/m0/s1. The lowest BCUT2D eigenvalue weighted by molar-refractivity contribution is -0.168. The fraction of sp³-hybridized carbons (Fsp3) is 0.556. The van der Waals surface area contributed by atoms with Crippen LogP contribution in [0, 0.1) is 0 Å². The minimum atomic E-state index is -1.49. The van der Waals surface area contributed by atoms with Crippen molar-refractivity contribution in [3.8, 4) is 0 Å². The van der Waals surface area contributed by atoms with Crippen LogP contribution < -0.4 is 0 Å². The van der Waals surface area contributed by atoms with E-state index in [-0.39, 0.29) is 5.76 Å². The first-order valence-electron chi connectivity index (χ1n) is 4.42. The van der Waals surface area contributed by atoms with Crippen LogP contribution in [-0.4, -0.2) is 54.7 Å². The van der Waals surface area contributed by atoms with Crippen molar-refractivity contribution >= 4 is 11.9 Å². The van der Waals surface area contributed by atoms with Gasteiger partial charge in [-0.1, -0.05) is 0 Å². The van der Waals surface area contributed by atoms with Crippen LogP contribution >= 0.6 is 0 Å². The molecular formula is C9H12O7. The zero-order valence-electron chi connectivity index (χ0n) is 8.75. The summed E-state index contributed by atoms with van der Waals surface area (Å²) in [5.74, 6) is -2.07. The van der Waals surface area contributed by atoms with Gasteiger partial charge in [0, 0.05) is 0 Å². The smallest absolute Gasteiger partial charge is 0.373 e. The van der Waals surface area contributed by atoms with Crippen molar-refractivity contribution < 1.29 is 34.0 Å². The fourth-order valence-electron chi connectivity index (χ4n) is 1.20. The van der Waals surface area contributed by atoms with E-state index in [1.54, 1.807) is 0 Å². The van der Waals surface area contributed by atoms with E-state index in [4.69, 9.17) is 4.74 Å². The molecule has 0 aromatic heterocycles. The number of esters is 2. The fourth-order valence-corrected chi connectivity index (χ4v) is 1.20. The van der Waals surface area contributed by atoms with Gasteiger partial charge in [0.2, 0.25) is 11.9 Å². The Balaban J connectivity index is 2.90. The number of hydrogen-bond donors (Lipinski definition) is 2. The van der Waals surface area contributed by atoms with Crippen molar-refractivity contribution in [1.29, 1.82) is 0 Å². The molecule has 1 heterocycles. The molecule has 1 rings (SSSR count). The summed E-state index contributed by atoms with van der Waals surface area (Å²) < 4.78 is 13.6. The summed E-state index contributed by atoms with van der Waals surface area (Å²) in [7, 11) is 2.22. The Bertz CT molecular complexity index is 322. The Kier molecular flexibility index (Phi) is 3.86. The van der Waals surface area contributed by atoms with Crippen LogP contribution in [0.15, 0.2) is 11.8 Å². The van der Waals surface area contributed by atoms with Gasteiger partial charge in [-0.3, -0.25) is 0 Å². The molecule has 0 aliphatic carbocycles. The van der Waals surface area contributed by atoms with Crippen molar-refractivity contribution in [2.45, 2.75) is 18.3 Å². The van der Waals surface area contributed by atoms with Crippen LogP contribution in [0.2, 0.25) is 0 Å². The van der Waals surface area contributed by atoms with Gasteiger partial charge in [-0.05, 0) is 6.08 Å². The molecule has 0 radical (unpaired) electrons. The lowest BCUT2D eigenvalue weighted by Gasteiger charge is -2.28. The van der Waals surface area contributed by atoms with Crippen LogP contribution in [0.25, 0.3) is 0 Å². The van der Waals surface area contributed by atoms with Gasteiger partial charge < -0.3 is 24.4 Å². The number of methoxy groups -OCH3 is 2. The molecule has 0 spiro atoms. The highest BCUT2D eigenvalue weighted by Crippen LogP contribution is 2.20. The molecule has 0 saturated carbocycles. The van der Waals surface area contributed by atoms with E-state index < -0.39 is 30.3 Å². The number of aliphatic hydroxyl groups is 2. The van der Waals surface area contributed by atoms with Gasteiger partial charge in [0.15, 0.2) is 0 Å². The van der Waals surface area contributed by atoms with E-state index in [2.05, 4.69) is 9.47 Å². The van der Waals surface area contributed by atoms with Gasteiger partial charge in [-0.2, -0.15) is 0 Å². The molecule has 0 bridgehead atoms. The average molecular weight is 232 g/mol. The summed E-state index contributed by atoms with van der Waals surface area (Å²) in [6, 6.07) is 0. The molecule has 0 aromatic carbocycles. The zero-order chi connectivity index (χ0) is 12.3. The molecule has 7 nitrogen and oxygen atoms in total. The van der Waals surface area contributed by atoms with Gasteiger partial charge in [0.25, 0.3) is 0 Å². The molecule has 0 amide bonds. The van der Waals surface area contributed by atoms with Crippen LogP contribution in [0.1, 0.15) is 0 Å². The normalized spacial score (nSPS) is 28.8.